The molecule has 22 heavy (non-hydrogen) atoms. The van der Waals surface area contributed by atoms with Gasteiger partial charge in [-0.05, 0) is 38.6 Å². The Labute approximate surface area is 129 Å². The van der Waals surface area contributed by atoms with Crippen molar-refractivity contribution in [2.75, 3.05) is 20.1 Å². The van der Waals surface area contributed by atoms with Gasteiger partial charge in [-0.15, -0.1) is 0 Å². The van der Waals surface area contributed by atoms with Crippen molar-refractivity contribution in [2.45, 2.75) is 18.9 Å². The Morgan fingerprint density at radius 2 is 2.00 bits per heavy atom. The number of hydrogen-bond donors (Lipinski definition) is 0. The second-order valence-electron chi connectivity index (χ2n) is 6.01. The number of piperidine rings is 1. The van der Waals surface area contributed by atoms with Crippen LogP contribution in [0.4, 0.5) is 0 Å². The molecular weight excluding hydrogens is 274 g/mol. The molecule has 3 aromatic rings. The predicted octanol–water partition coefficient (Wildman–Crippen LogP) is 2.76. The summed E-state index contributed by atoms with van der Waals surface area (Å²) in [7, 11) is 2.17. The van der Waals surface area contributed by atoms with Gasteiger partial charge in [0.2, 0.25) is 0 Å². The fourth-order valence-corrected chi connectivity index (χ4v) is 3.12. The highest BCUT2D eigenvalue weighted by atomic mass is 15.3. The summed E-state index contributed by atoms with van der Waals surface area (Å²) in [6.07, 6.45) is 8.24. The van der Waals surface area contributed by atoms with Crippen LogP contribution in [0.2, 0.25) is 0 Å². The molecule has 1 saturated heterocycles. The molecule has 0 saturated carbocycles. The maximum Gasteiger partial charge on any atom is 0.0924 e. The van der Waals surface area contributed by atoms with Crippen LogP contribution in [-0.2, 0) is 0 Å². The molecule has 5 nitrogen and oxygen atoms in total. The highest BCUT2D eigenvalue weighted by Gasteiger charge is 2.19. The molecule has 2 aromatic heterocycles. The van der Waals surface area contributed by atoms with Gasteiger partial charge in [-0.1, -0.05) is 12.1 Å². The van der Waals surface area contributed by atoms with Crippen LogP contribution in [0.1, 0.15) is 18.9 Å². The van der Waals surface area contributed by atoms with Crippen molar-refractivity contribution in [3.05, 3.63) is 42.9 Å². The third-order valence-corrected chi connectivity index (χ3v) is 4.32. The molecule has 0 bridgehead atoms. The van der Waals surface area contributed by atoms with Gasteiger partial charge >= 0.3 is 0 Å². The number of fused-ring (bicyclic) bond motifs is 1. The molecule has 0 aliphatic carbocycles. The van der Waals surface area contributed by atoms with Crippen LogP contribution in [0, 0.1) is 0 Å². The van der Waals surface area contributed by atoms with Crippen LogP contribution < -0.4 is 0 Å². The van der Waals surface area contributed by atoms with Crippen LogP contribution in [0.15, 0.2) is 42.9 Å². The fourth-order valence-electron chi connectivity index (χ4n) is 3.12. The van der Waals surface area contributed by atoms with Gasteiger partial charge in [-0.3, -0.25) is 9.67 Å². The number of likely N-dealkylation sites (tertiary alicyclic amines) is 1. The highest BCUT2D eigenvalue weighted by molar-refractivity contribution is 5.76. The average Bonchev–Trinajstić information content (AvgIpc) is 3.04. The number of hydrogen-bond acceptors (Lipinski definition) is 4. The van der Waals surface area contributed by atoms with Gasteiger partial charge in [0.05, 0.1) is 35.2 Å². The predicted molar refractivity (Wildman–Crippen MR) is 86.5 cm³/mol. The summed E-state index contributed by atoms with van der Waals surface area (Å²) < 4.78 is 2.09. The lowest BCUT2D eigenvalue weighted by Gasteiger charge is -2.29. The Kier molecular flexibility index (Phi) is 3.35. The smallest absolute Gasteiger partial charge is 0.0924 e. The first-order valence-corrected chi connectivity index (χ1v) is 7.74. The Morgan fingerprint density at radius 3 is 2.86 bits per heavy atom. The molecule has 1 aromatic carbocycles. The summed E-state index contributed by atoms with van der Waals surface area (Å²) in [6.45, 7) is 2.24. The first-order valence-electron chi connectivity index (χ1n) is 7.74. The van der Waals surface area contributed by atoms with E-state index in [0.29, 0.717) is 6.04 Å². The number of benzene rings is 1. The largest absolute Gasteiger partial charge is 0.304 e. The van der Waals surface area contributed by atoms with E-state index in [-0.39, 0.29) is 0 Å². The van der Waals surface area contributed by atoms with Crippen molar-refractivity contribution in [1.82, 2.24) is 24.6 Å². The lowest BCUT2D eigenvalue weighted by molar-refractivity contribution is 0.202. The Morgan fingerprint density at radius 1 is 1.14 bits per heavy atom. The topological polar surface area (TPSA) is 46.8 Å². The van der Waals surface area contributed by atoms with Crippen molar-refractivity contribution in [1.29, 1.82) is 0 Å². The number of rotatable bonds is 2. The van der Waals surface area contributed by atoms with Crippen LogP contribution in [-0.4, -0.2) is 44.8 Å². The molecule has 1 unspecified atom stereocenters. The lowest BCUT2D eigenvalue weighted by atomic mass is 10.1. The Hall–Kier alpha value is -2.27. The molecule has 0 N–H and O–H groups in total. The van der Waals surface area contributed by atoms with Crippen LogP contribution in [0.5, 0.6) is 0 Å². The van der Waals surface area contributed by atoms with E-state index in [1.165, 1.54) is 19.4 Å². The summed E-state index contributed by atoms with van der Waals surface area (Å²) in [5.41, 5.74) is 3.76. The second kappa shape index (κ2) is 5.50. The van der Waals surface area contributed by atoms with Gasteiger partial charge in [0, 0.05) is 18.3 Å². The maximum atomic E-state index is 4.69. The van der Waals surface area contributed by atoms with Crippen LogP contribution in [0.25, 0.3) is 22.3 Å². The minimum atomic E-state index is 0.459. The minimum absolute atomic E-state index is 0.459. The maximum absolute atomic E-state index is 4.69. The zero-order valence-corrected chi connectivity index (χ0v) is 12.7. The van der Waals surface area contributed by atoms with Crippen molar-refractivity contribution in [2.24, 2.45) is 0 Å². The standard InChI is InChI=1S/C17H19N5/c1-21-8-4-5-14(12-21)22-11-13(9-19-22)17-10-18-15-6-2-3-7-16(15)20-17/h2-3,6-7,9-11,14H,4-5,8,12H2,1H3. The van der Waals surface area contributed by atoms with Gasteiger partial charge in [0.1, 0.15) is 0 Å². The van der Waals surface area contributed by atoms with Crippen molar-refractivity contribution in [3.8, 4) is 11.3 Å². The zero-order chi connectivity index (χ0) is 14.9. The van der Waals surface area contributed by atoms with E-state index in [2.05, 4.69) is 32.9 Å². The molecule has 0 amide bonds. The van der Waals surface area contributed by atoms with Gasteiger partial charge in [0.25, 0.3) is 0 Å². The summed E-state index contributed by atoms with van der Waals surface area (Å²) in [5, 5.41) is 4.55. The Balaban J connectivity index is 1.64. The van der Waals surface area contributed by atoms with Crippen molar-refractivity contribution < 1.29 is 0 Å². The molecule has 0 radical (unpaired) electrons. The molecule has 4 rings (SSSR count). The zero-order valence-electron chi connectivity index (χ0n) is 12.7. The molecule has 112 valence electrons. The van der Waals surface area contributed by atoms with Crippen molar-refractivity contribution in [3.63, 3.8) is 0 Å². The number of para-hydroxylation sites is 2. The number of likely N-dealkylation sites (N-methyl/N-ethyl adjacent to an activating group) is 1. The van der Waals surface area contributed by atoms with E-state index in [4.69, 9.17) is 4.98 Å². The molecule has 1 atom stereocenters. The second-order valence-corrected chi connectivity index (χ2v) is 6.01. The average molecular weight is 293 g/mol. The molecule has 1 aliphatic heterocycles. The lowest BCUT2D eigenvalue weighted by Crippen LogP contribution is -2.33. The third kappa shape index (κ3) is 2.48. The minimum Gasteiger partial charge on any atom is -0.304 e. The van der Waals surface area contributed by atoms with E-state index in [9.17, 15) is 0 Å². The molecule has 5 heteroatoms. The van der Waals surface area contributed by atoms with E-state index < -0.39 is 0 Å². The molecule has 0 spiro atoms. The quantitative estimate of drug-likeness (QED) is 0.729. The van der Waals surface area contributed by atoms with Crippen LogP contribution >= 0.6 is 0 Å². The summed E-state index contributed by atoms with van der Waals surface area (Å²) in [5.74, 6) is 0. The van der Waals surface area contributed by atoms with Crippen molar-refractivity contribution >= 4 is 11.0 Å². The van der Waals surface area contributed by atoms with Gasteiger partial charge < -0.3 is 4.90 Å². The normalized spacial score (nSPS) is 19.6. The summed E-state index contributed by atoms with van der Waals surface area (Å²) in [6, 6.07) is 8.40. The molecular formula is C17H19N5. The van der Waals surface area contributed by atoms with E-state index in [1.807, 2.05) is 36.7 Å². The van der Waals surface area contributed by atoms with Gasteiger partial charge in [-0.2, -0.15) is 5.10 Å². The first-order chi connectivity index (χ1) is 10.8. The summed E-state index contributed by atoms with van der Waals surface area (Å²) in [4.78, 5) is 11.5. The number of aromatic nitrogens is 4. The SMILES string of the molecule is CN1CCCC(n2cc(-c3cnc4ccccc4n3)cn2)C1. The monoisotopic (exact) mass is 293 g/mol. The Bertz CT molecular complexity index is 794. The molecule has 1 aliphatic rings. The molecule has 1 fully saturated rings. The fraction of sp³-hybridized carbons (Fsp3) is 0.353. The first kappa shape index (κ1) is 13.4. The highest BCUT2D eigenvalue weighted by Crippen LogP contribution is 2.23. The van der Waals surface area contributed by atoms with E-state index in [1.54, 1.807) is 0 Å². The van der Waals surface area contributed by atoms with E-state index in [0.717, 1.165) is 28.8 Å². The van der Waals surface area contributed by atoms with E-state index >= 15 is 0 Å². The third-order valence-electron chi connectivity index (χ3n) is 4.32. The van der Waals surface area contributed by atoms with Crippen LogP contribution in [0.3, 0.4) is 0 Å². The summed E-state index contributed by atoms with van der Waals surface area (Å²) >= 11 is 0. The van der Waals surface area contributed by atoms with Gasteiger partial charge in [-0.25, -0.2) is 4.98 Å². The molecule has 3 heterocycles. The van der Waals surface area contributed by atoms with Gasteiger partial charge in [0.15, 0.2) is 0 Å². The number of nitrogens with zero attached hydrogens (tertiary/aromatic N) is 5.